The Balaban J connectivity index is 1.46. The van der Waals surface area contributed by atoms with Crippen molar-refractivity contribution < 1.29 is 14.3 Å². The standard InChI is InChI=1S/C19H17N3O3/c23-19(16-12-20-14-4-1-2-5-15(14)22-16)21-11-13-6-7-17-18(10-13)25-9-3-8-24-17/h1-2,4-7,10,12H,3,8-9,11H2,(H,21,23). The minimum Gasteiger partial charge on any atom is -0.490 e. The van der Waals surface area contributed by atoms with Crippen LogP contribution in [-0.4, -0.2) is 29.1 Å². The molecule has 1 aliphatic rings. The van der Waals surface area contributed by atoms with Gasteiger partial charge in [-0.3, -0.25) is 9.78 Å². The number of nitrogens with zero attached hydrogens (tertiary/aromatic N) is 2. The van der Waals surface area contributed by atoms with E-state index in [4.69, 9.17) is 9.47 Å². The van der Waals surface area contributed by atoms with Crippen molar-refractivity contribution in [2.45, 2.75) is 13.0 Å². The molecule has 25 heavy (non-hydrogen) atoms. The van der Waals surface area contributed by atoms with E-state index in [0.29, 0.717) is 31.0 Å². The fourth-order valence-electron chi connectivity index (χ4n) is 2.66. The summed E-state index contributed by atoms with van der Waals surface area (Å²) in [5, 5.41) is 2.86. The van der Waals surface area contributed by atoms with Gasteiger partial charge in [-0.15, -0.1) is 0 Å². The third-order valence-electron chi connectivity index (χ3n) is 3.95. The molecule has 4 rings (SSSR count). The smallest absolute Gasteiger partial charge is 0.271 e. The molecule has 1 amide bonds. The van der Waals surface area contributed by atoms with Crippen LogP contribution in [0.25, 0.3) is 11.0 Å². The molecule has 0 bridgehead atoms. The van der Waals surface area contributed by atoms with Crippen molar-refractivity contribution in [2.24, 2.45) is 0 Å². The van der Waals surface area contributed by atoms with Crippen molar-refractivity contribution in [3.05, 3.63) is 59.9 Å². The lowest BCUT2D eigenvalue weighted by atomic mass is 10.2. The van der Waals surface area contributed by atoms with Crippen LogP contribution in [0, 0.1) is 0 Å². The summed E-state index contributed by atoms with van der Waals surface area (Å²) in [5.41, 5.74) is 2.70. The number of hydrogen-bond acceptors (Lipinski definition) is 5. The van der Waals surface area contributed by atoms with Crippen molar-refractivity contribution in [1.82, 2.24) is 15.3 Å². The zero-order valence-corrected chi connectivity index (χ0v) is 13.6. The van der Waals surface area contributed by atoms with Gasteiger partial charge in [-0.25, -0.2) is 4.98 Å². The second-order valence-corrected chi connectivity index (χ2v) is 5.76. The van der Waals surface area contributed by atoms with E-state index in [-0.39, 0.29) is 5.91 Å². The minimum absolute atomic E-state index is 0.259. The third kappa shape index (κ3) is 3.38. The topological polar surface area (TPSA) is 73.3 Å². The largest absolute Gasteiger partial charge is 0.490 e. The second-order valence-electron chi connectivity index (χ2n) is 5.76. The van der Waals surface area contributed by atoms with E-state index in [0.717, 1.165) is 29.0 Å². The number of para-hydroxylation sites is 2. The molecule has 1 N–H and O–H groups in total. The van der Waals surface area contributed by atoms with Gasteiger partial charge < -0.3 is 14.8 Å². The molecule has 2 heterocycles. The Bertz CT molecular complexity index is 927. The van der Waals surface area contributed by atoms with Crippen LogP contribution in [0.1, 0.15) is 22.5 Å². The first-order chi connectivity index (χ1) is 12.3. The molecule has 0 saturated heterocycles. The first kappa shape index (κ1) is 15.4. The number of fused-ring (bicyclic) bond motifs is 2. The van der Waals surface area contributed by atoms with E-state index in [1.807, 2.05) is 42.5 Å². The molecule has 0 spiro atoms. The summed E-state index contributed by atoms with van der Waals surface area (Å²) in [7, 11) is 0. The summed E-state index contributed by atoms with van der Waals surface area (Å²) in [6.45, 7) is 1.67. The molecule has 0 radical (unpaired) electrons. The summed E-state index contributed by atoms with van der Waals surface area (Å²) in [6, 6.07) is 13.1. The summed E-state index contributed by atoms with van der Waals surface area (Å²) in [4.78, 5) is 21.0. The Morgan fingerprint density at radius 1 is 1.04 bits per heavy atom. The van der Waals surface area contributed by atoms with Crippen molar-refractivity contribution in [1.29, 1.82) is 0 Å². The minimum atomic E-state index is -0.259. The summed E-state index contributed by atoms with van der Waals surface area (Å²) < 4.78 is 11.3. The van der Waals surface area contributed by atoms with Crippen LogP contribution in [0.4, 0.5) is 0 Å². The van der Waals surface area contributed by atoms with Crippen LogP contribution in [-0.2, 0) is 6.54 Å². The van der Waals surface area contributed by atoms with Crippen molar-refractivity contribution in [2.75, 3.05) is 13.2 Å². The van der Waals surface area contributed by atoms with Crippen molar-refractivity contribution in [3.8, 4) is 11.5 Å². The predicted octanol–water partition coefficient (Wildman–Crippen LogP) is 2.72. The Morgan fingerprint density at radius 3 is 2.72 bits per heavy atom. The van der Waals surface area contributed by atoms with Gasteiger partial charge in [-0.05, 0) is 29.8 Å². The molecule has 1 aromatic heterocycles. The fraction of sp³-hybridized carbons (Fsp3) is 0.211. The lowest BCUT2D eigenvalue weighted by Crippen LogP contribution is -2.24. The molecular weight excluding hydrogens is 318 g/mol. The summed E-state index contributed by atoms with van der Waals surface area (Å²) in [5.74, 6) is 1.20. The van der Waals surface area contributed by atoms with Gasteiger partial charge in [0, 0.05) is 13.0 Å². The highest BCUT2D eigenvalue weighted by Crippen LogP contribution is 2.30. The first-order valence-corrected chi connectivity index (χ1v) is 8.18. The molecule has 0 unspecified atom stereocenters. The van der Waals surface area contributed by atoms with Crippen LogP contribution in [0.15, 0.2) is 48.7 Å². The molecule has 1 aliphatic heterocycles. The van der Waals surface area contributed by atoms with Crippen LogP contribution < -0.4 is 14.8 Å². The maximum Gasteiger partial charge on any atom is 0.271 e. The van der Waals surface area contributed by atoms with Crippen LogP contribution in [0.2, 0.25) is 0 Å². The maximum atomic E-state index is 12.3. The van der Waals surface area contributed by atoms with Gasteiger partial charge in [0.2, 0.25) is 0 Å². The fourth-order valence-corrected chi connectivity index (χ4v) is 2.66. The highest BCUT2D eigenvalue weighted by atomic mass is 16.5. The molecule has 6 nitrogen and oxygen atoms in total. The van der Waals surface area contributed by atoms with E-state index < -0.39 is 0 Å². The van der Waals surface area contributed by atoms with E-state index in [9.17, 15) is 4.79 Å². The van der Waals surface area contributed by atoms with Crippen LogP contribution in [0.3, 0.4) is 0 Å². The van der Waals surface area contributed by atoms with Gasteiger partial charge in [0.15, 0.2) is 11.5 Å². The highest BCUT2D eigenvalue weighted by Gasteiger charge is 2.12. The second kappa shape index (κ2) is 6.76. The van der Waals surface area contributed by atoms with Gasteiger partial charge in [0.25, 0.3) is 5.91 Å². The van der Waals surface area contributed by atoms with Crippen LogP contribution >= 0.6 is 0 Å². The Morgan fingerprint density at radius 2 is 1.84 bits per heavy atom. The normalized spacial score (nSPS) is 13.3. The lowest BCUT2D eigenvalue weighted by Gasteiger charge is -2.10. The van der Waals surface area contributed by atoms with E-state index in [1.54, 1.807) is 0 Å². The van der Waals surface area contributed by atoms with Gasteiger partial charge >= 0.3 is 0 Å². The molecule has 0 fully saturated rings. The monoisotopic (exact) mass is 335 g/mol. The number of aromatic nitrogens is 2. The van der Waals surface area contributed by atoms with Crippen molar-refractivity contribution >= 4 is 16.9 Å². The summed E-state index contributed by atoms with van der Waals surface area (Å²) >= 11 is 0. The van der Waals surface area contributed by atoms with Gasteiger partial charge in [-0.1, -0.05) is 18.2 Å². The molecule has 0 atom stereocenters. The van der Waals surface area contributed by atoms with Gasteiger partial charge in [0.1, 0.15) is 5.69 Å². The number of rotatable bonds is 3. The molecule has 6 heteroatoms. The number of hydrogen-bond donors (Lipinski definition) is 1. The highest BCUT2D eigenvalue weighted by molar-refractivity contribution is 5.93. The van der Waals surface area contributed by atoms with Gasteiger partial charge in [0.05, 0.1) is 30.4 Å². The number of nitrogens with one attached hydrogen (secondary N) is 1. The lowest BCUT2D eigenvalue weighted by molar-refractivity contribution is 0.0946. The molecule has 0 saturated carbocycles. The van der Waals surface area contributed by atoms with E-state index in [2.05, 4.69) is 15.3 Å². The molecule has 126 valence electrons. The average molecular weight is 335 g/mol. The number of carbonyl (C=O) groups is 1. The first-order valence-electron chi connectivity index (χ1n) is 8.18. The Kier molecular flexibility index (Phi) is 4.16. The SMILES string of the molecule is O=C(NCc1ccc2c(c1)OCCCO2)c1cnc2ccccc2n1. The Labute approximate surface area is 144 Å². The zero-order chi connectivity index (χ0) is 17.1. The van der Waals surface area contributed by atoms with Gasteiger partial charge in [-0.2, -0.15) is 0 Å². The number of ether oxygens (including phenoxy) is 2. The van der Waals surface area contributed by atoms with Crippen molar-refractivity contribution in [3.63, 3.8) is 0 Å². The Hall–Kier alpha value is -3.15. The molecule has 0 aliphatic carbocycles. The maximum absolute atomic E-state index is 12.3. The average Bonchev–Trinajstić information content (AvgIpc) is 2.90. The van der Waals surface area contributed by atoms with Crippen LogP contribution in [0.5, 0.6) is 11.5 Å². The molecule has 2 aromatic carbocycles. The molecular formula is C19H17N3O3. The quantitative estimate of drug-likeness (QED) is 0.797. The predicted molar refractivity (Wildman–Crippen MR) is 92.8 cm³/mol. The number of amides is 1. The summed E-state index contributed by atoms with van der Waals surface area (Å²) in [6.07, 6.45) is 2.35. The third-order valence-corrected chi connectivity index (χ3v) is 3.95. The number of carbonyl (C=O) groups excluding carboxylic acids is 1. The van der Waals surface area contributed by atoms with E-state index >= 15 is 0 Å². The zero-order valence-electron chi connectivity index (χ0n) is 13.6. The van der Waals surface area contributed by atoms with E-state index in [1.165, 1.54) is 6.20 Å². The molecule has 3 aromatic rings. The number of benzene rings is 2.